The van der Waals surface area contributed by atoms with E-state index in [1.807, 2.05) is 0 Å². The molecule has 20 heavy (non-hydrogen) atoms. The highest BCUT2D eigenvalue weighted by molar-refractivity contribution is 6.33. The van der Waals surface area contributed by atoms with Crippen LogP contribution in [0, 0.1) is 0 Å². The number of rotatable bonds is 6. The van der Waals surface area contributed by atoms with Crippen LogP contribution < -0.4 is 10.6 Å². The van der Waals surface area contributed by atoms with Gasteiger partial charge in [0.15, 0.2) is 0 Å². The molecule has 0 fully saturated rings. The highest BCUT2D eigenvalue weighted by Gasteiger charge is 2.10. The molecule has 0 aliphatic rings. The molecule has 0 spiro atoms. The second-order valence-electron chi connectivity index (χ2n) is 3.91. The number of hydrogen-bond acceptors (Lipinski definition) is 4. The number of halogens is 1. The quantitative estimate of drug-likeness (QED) is 0.624. The molecule has 0 heterocycles. The van der Waals surface area contributed by atoms with Crippen molar-refractivity contribution in [3.63, 3.8) is 0 Å². The van der Waals surface area contributed by atoms with Crippen LogP contribution >= 0.6 is 11.6 Å². The minimum atomic E-state index is -0.495. The van der Waals surface area contributed by atoms with E-state index in [0.29, 0.717) is 35.8 Å². The smallest absolute Gasteiger partial charge is 0.337 e. The third-order valence-electron chi connectivity index (χ3n) is 2.45. The Bertz CT molecular complexity index is 479. The van der Waals surface area contributed by atoms with Crippen molar-refractivity contribution in [2.75, 3.05) is 32.7 Å². The van der Waals surface area contributed by atoms with Crippen molar-refractivity contribution >= 4 is 29.3 Å². The maximum atomic E-state index is 11.6. The summed E-state index contributed by atoms with van der Waals surface area (Å²) in [6.07, 6.45) is 0.708. The van der Waals surface area contributed by atoms with Gasteiger partial charge >= 0.3 is 12.0 Å². The van der Waals surface area contributed by atoms with Gasteiger partial charge in [-0.2, -0.15) is 0 Å². The van der Waals surface area contributed by atoms with Crippen LogP contribution in [-0.4, -0.2) is 39.4 Å². The summed E-state index contributed by atoms with van der Waals surface area (Å²) in [5, 5.41) is 5.56. The fraction of sp³-hybridized carbons (Fsp3) is 0.385. The number of anilines is 1. The van der Waals surface area contributed by atoms with E-state index < -0.39 is 12.0 Å². The Hall–Kier alpha value is -1.79. The third-order valence-corrected chi connectivity index (χ3v) is 2.78. The Balaban J connectivity index is 2.62. The summed E-state index contributed by atoms with van der Waals surface area (Å²) in [4.78, 5) is 23.0. The van der Waals surface area contributed by atoms with Gasteiger partial charge in [-0.1, -0.05) is 11.6 Å². The standard InChI is InChI=1S/C13H17ClN2O4/c1-19-7-3-6-15-13(18)16-11-8-9(12(17)20-2)4-5-10(11)14/h4-5,8H,3,6-7H2,1-2H3,(H2,15,16,18). The first kappa shape index (κ1) is 16.3. The molecule has 1 rings (SSSR count). The van der Waals surface area contributed by atoms with Crippen molar-refractivity contribution in [1.82, 2.24) is 5.32 Å². The van der Waals surface area contributed by atoms with E-state index >= 15 is 0 Å². The predicted molar refractivity (Wildman–Crippen MR) is 76.3 cm³/mol. The molecule has 7 heteroatoms. The second kappa shape index (κ2) is 8.39. The van der Waals surface area contributed by atoms with E-state index in [-0.39, 0.29) is 0 Å². The molecule has 0 aromatic heterocycles. The molecular weight excluding hydrogens is 284 g/mol. The van der Waals surface area contributed by atoms with Crippen LogP contribution in [0.4, 0.5) is 10.5 Å². The van der Waals surface area contributed by atoms with E-state index in [0.717, 1.165) is 0 Å². The summed E-state index contributed by atoms with van der Waals surface area (Å²) in [6.45, 7) is 1.05. The molecule has 0 aliphatic carbocycles. The summed E-state index contributed by atoms with van der Waals surface area (Å²) in [6, 6.07) is 4.11. The first-order chi connectivity index (χ1) is 9.58. The molecule has 0 bridgehead atoms. The molecule has 1 aromatic rings. The van der Waals surface area contributed by atoms with E-state index in [9.17, 15) is 9.59 Å². The molecule has 6 nitrogen and oxygen atoms in total. The summed E-state index contributed by atoms with van der Waals surface area (Å²) in [7, 11) is 2.88. The first-order valence-electron chi connectivity index (χ1n) is 6.00. The zero-order chi connectivity index (χ0) is 15.0. The monoisotopic (exact) mass is 300 g/mol. The lowest BCUT2D eigenvalue weighted by molar-refractivity contribution is 0.0600. The number of ether oxygens (including phenoxy) is 2. The second-order valence-corrected chi connectivity index (χ2v) is 4.32. The number of urea groups is 1. The molecule has 0 atom stereocenters. The predicted octanol–water partition coefficient (Wildman–Crippen LogP) is 2.28. The molecule has 0 unspecified atom stereocenters. The highest BCUT2D eigenvalue weighted by Crippen LogP contribution is 2.23. The zero-order valence-corrected chi connectivity index (χ0v) is 12.1. The van der Waals surface area contributed by atoms with Gasteiger partial charge in [0, 0.05) is 20.3 Å². The Morgan fingerprint density at radius 3 is 2.70 bits per heavy atom. The Kier molecular flexibility index (Phi) is 6.83. The van der Waals surface area contributed by atoms with Gasteiger partial charge in [-0.05, 0) is 24.6 Å². The molecule has 0 saturated carbocycles. The molecular formula is C13H17ClN2O4. The average Bonchev–Trinajstić information content (AvgIpc) is 2.45. The van der Waals surface area contributed by atoms with Crippen LogP contribution in [0.5, 0.6) is 0 Å². The van der Waals surface area contributed by atoms with Crippen LogP contribution in [-0.2, 0) is 9.47 Å². The van der Waals surface area contributed by atoms with Crippen LogP contribution in [0.3, 0.4) is 0 Å². The summed E-state index contributed by atoms with van der Waals surface area (Å²) in [5.74, 6) is -0.495. The number of carbonyl (C=O) groups excluding carboxylic acids is 2. The van der Waals surface area contributed by atoms with Crippen molar-refractivity contribution in [2.45, 2.75) is 6.42 Å². The lowest BCUT2D eigenvalue weighted by atomic mass is 10.2. The maximum absolute atomic E-state index is 11.6. The maximum Gasteiger partial charge on any atom is 0.337 e. The van der Waals surface area contributed by atoms with Crippen molar-refractivity contribution < 1.29 is 19.1 Å². The highest BCUT2D eigenvalue weighted by atomic mass is 35.5. The number of esters is 1. The number of benzene rings is 1. The van der Waals surface area contributed by atoms with Gasteiger partial charge in [-0.3, -0.25) is 0 Å². The molecule has 110 valence electrons. The minimum Gasteiger partial charge on any atom is -0.465 e. The van der Waals surface area contributed by atoms with Crippen molar-refractivity contribution in [3.05, 3.63) is 28.8 Å². The molecule has 0 aliphatic heterocycles. The Morgan fingerprint density at radius 2 is 2.05 bits per heavy atom. The summed E-state index contributed by atoms with van der Waals surface area (Å²) >= 11 is 5.96. The number of nitrogens with one attached hydrogen (secondary N) is 2. The van der Waals surface area contributed by atoms with E-state index in [1.54, 1.807) is 7.11 Å². The van der Waals surface area contributed by atoms with Gasteiger partial charge in [0.25, 0.3) is 0 Å². The van der Waals surface area contributed by atoms with Crippen molar-refractivity contribution in [1.29, 1.82) is 0 Å². The van der Waals surface area contributed by atoms with Crippen LogP contribution in [0.2, 0.25) is 5.02 Å². The van der Waals surface area contributed by atoms with Gasteiger partial charge in [0.05, 0.1) is 23.4 Å². The van der Waals surface area contributed by atoms with Gasteiger partial charge < -0.3 is 20.1 Å². The molecule has 2 amide bonds. The largest absolute Gasteiger partial charge is 0.465 e. The Labute approximate surface area is 122 Å². The molecule has 0 saturated heterocycles. The van der Waals surface area contributed by atoms with E-state index in [4.69, 9.17) is 16.3 Å². The van der Waals surface area contributed by atoms with Gasteiger partial charge in [0.1, 0.15) is 0 Å². The molecule has 2 N–H and O–H groups in total. The summed E-state index contributed by atoms with van der Waals surface area (Å²) < 4.78 is 9.47. The van der Waals surface area contributed by atoms with Crippen molar-refractivity contribution in [3.8, 4) is 0 Å². The first-order valence-corrected chi connectivity index (χ1v) is 6.38. The van der Waals surface area contributed by atoms with Gasteiger partial charge in [0.2, 0.25) is 0 Å². The number of amides is 2. The van der Waals surface area contributed by atoms with Gasteiger partial charge in [-0.25, -0.2) is 9.59 Å². The van der Waals surface area contributed by atoms with Crippen LogP contribution in [0.1, 0.15) is 16.8 Å². The lowest BCUT2D eigenvalue weighted by Gasteiger charge is -2.10. The van der Waals surface area contributed by atoms with Crippen LogP contribution in [0.15, 0.2) is 18.2 Å². The minimum absolute atomic E-state index is 0.312. The van der Waals surface area contributed by atoms with E-state index in [2.05, 4.69) is 15.4 Å². The zero-order valence-electron chi connectivity index (χ0n) is 11.4. The Morgan fingerprint density at radius 1 is 1.30 bits per heavy atom. The lowest BCUT2D eigenvalue weighted by Crippen LogP contribution is -2.30. The fourth-order valence-electron chi connectivity index (χ4n) is 1.45. The molecule has 1 aromatic carbocycles. The number of hydrogen-bond donors (Lipinski definition) is 2. The summed E-state index contributed by atoms with van der Waals surface area (Å²) in [5.41, 5.74) is 0.658. The fourth-order valence-corrected chi connectivity index (χ4v) is 1.62. The number of carbonyl (C=O) groups is 2. The normalized spacial score (nSPS) is 9.95. The molecule has 0 radical (unpaired) electrons. The average molecular weight is 301 g/mol. The topological polar surface area (TPSA) is 76.7 Å². The van der Waals surface area contributed by atoms with Crippen LogP contribution in [0.25, 0.3) is 0 Å². The third kappa shape index (κ3) is 5.07. The van der Waals surface area contributed by atoms with Crippen molar-refractivity contribution in [2.24, 2.45) is 0 Å². The van der Waals surface area contributed by atoms with E-state index in [1.165, 1.54) is 25.3 Å². The SMILES string of the molecule is COCCCNC(=O)Nc1cc(C(=O)OC)ccc1Cl. The number of methoxy groups -OCH3 is 2. The van der Waals surface area contributed by atoms with Gasteiger partial charge in [-0.15, -0.1) is 0 Å².